The number of hydrogen-bond donors (Lipinski definition) is 1. The molecule has 0 unspecified atom stereocenters. The predicted molar refractivity (Wildman–Crippen MR) is 62.1 cm³/mol. The van der Waals surface area contributed by atoms with Gasteiger partial charge in [-0.05, 0) is 12.1 Å². The van der Waals surface area contributed by atoms with Crippen LogP contribution in [0, 0.1) is 10.6 Å². The van der Waals surface area contributed by atoms with Crippen LogP contribution in [0.15, 0.2) is 18.3 Å². The van der Waals surface area contributed by atoms with E-state index in [1.165, 1.54) is 0 Å². The highest BCUT2D eigenvalue weighted by atomic mass is 32.1. The molecule has 0 radical (unpaired) electrons. The monoisotopic (exact) mass is 211 g/mol. The predicted octanol–water partition coefficient (Wildman–Crippen LogP) is 3.61. The van der Waals surface area contributed by atoms with Gasteiger partial charge in [0.2, 0.25) is 0 Å². The maximum absolute atomic E-state index is 11.4. The fourth-order valence-corrected chi connectivity index (χ4v) is 1.02. The summed E-state index contributed by atoms with van der Waals surface area (Å²) >= 11 is 4.86. The molecular formula is C11H17NOS. The van der Waals surface area contributed by atoms with Crippen LogP contribution in [-0.4, -0.2) is 10.8 Å². The van der Waals surface area contributed by atoms with Gasteiger partial charge in [0.1, 0.15) is 4.64 Å². The summed E-state index contributed by atoms with van der Waals surface area (Å²) in [4.78, 5) is 14.2. The van der Waals surface area contributed by atoms with Crippen molar-refractivity contribution in [1.82, 2.24) is 4.98 Å². The summed E-state index contributed by atoms with van der Waals surface area (Å²) < 4.78 is 0.648. The van der Waals surface area contributed by atoms with E-state index in [2.05, 4.69) is 4.98 Å². The van der Waals surface area contributed by atoms with Crippen LogP contribution >= 0.6 is 12.2 Å². The first-order chi connectivity index (χ1) is 6.61. The molecule has 0 aliphatic rings. The standard InChI is InChI=1S/C9H11NOS.C2H6/c1-6(2)9(11)7-3-4-8(12)10-5-7;1-2/h3-6H,1-2H3,(H,10,12);1-2H3. The minimum absolute atomic E-state index is 0.0365. The lowest BCUT2D eigenvalue weighted by Gasteiger charge is -2.02. The van der Waals surface area contributed by atoms with Crippen LogP contribution in [0.4, 0.5) is 0 Å². The lowest BCUT2D eigenvalue weighted by atomic mass is 10.0. The van der Waals surface area contributed by atoms with Gasteiger partial charge in [0, 0.05) is 17.7 Å². The van der Waals surface area contributed by atoms with Gasteiger partial charge in [-0.3, -0.25) is 4.79 Å². The fraction of sp³-hybridized carbons (Fsp3) is 0.455. The Bertz CT molecular complexity index is 321. The third-order valence-electron chi connectivity index (χ3n) is 1.59. The lowest BCUT2D eigenvalue weighted by Crippen LogP contribution is -2.07. The van der Waals surface area contributed by atoms with E-state index in [0.717, 1.165) is 0 Å². The molecule has 0 amide bonds. The second kappa shape index (κ2) is 6.49. The first kappa shape index (κ1) is 13.0. The largest absolute Gasteiger partial charge is 0.352 e. The number of Topliss-reactive ketones (excluding diaryl/α,β-unsaturated/α-hetero) is 1. The van der Waals surface area contributed by atoms with E-state index in [1.807, 2.05) is 27.7 Å². The van der Waals surface area contributed by atoms with E-state index < -0.39 is 0 Å². The molecule has 0 saturated carbocycles. The molecule has 0 spiro atoms. The molecule has 1 N–H and O–H groups in total. The number of ketones is 1. The summed E-state index contributed by atoms with van der Waals surface area (Å²) in [6, 6.07) is 3.48. The summed E-state index contributed by atoms with van der Waals surface area (Å²) in [5.74, 6) is 0.177. The molecule has 0 saturated heterocycles. The second-order valence-electron chi connectivity index (χ2n) is 2.96. The van der Waals surface area contributed by atoms with Crippen LogP contribution in [0.1, 0.15) is 38.1 Å². The van der Waals surface area contributed by atoms with Crippen LogP contribution in [0.3, 0.4) is 0 Å². The summed E-state index contributed by atoms with van der Waals surface area (Å²) in [5.41, 5.74) is 0.693. The molecule has 3 heteroatoms. The molecular weight excluding hydrogens is 194 g/mol. The summed E-state index contributed by atoms with van der Waals surface area (Å²) in [6.07, 6.45) is 1.66. The summed E-state index contributed by atoms with van der Waals surface area (Å²) in [7, 11) is 0. The van der Waals surface area contributed by atoms with E-state index in [-0.39, 0.29) is 11.7 Å². The SMILES string of the molecule is CC.CC(C)C(=O)c1ccc(=S)[nH]c1. The Morgan fingerprint density at radius 3 is 2.29 bits per heavy atom. The molecule has 0 aliphatic carbocycles. The number of pyridine rings is 1. The molecule has 0 fully saturated rings. The number of rotatable bonds is 2. The van der Waals surface area contributed by atoms with Gasteiger partial charge in [0.25, 0.3) is 0 Å². The van der Waals surface area contributed by atoms with Crippen molar-refractivity contribution in [2.75, 3.05) is 0 Å². The van der Waals surface area contributed by atoms with Crippen LogP contribution < -0.4 is 0 Å². The first-order valence-electron chi connectivity index (χ1n) is 4.84. The highest BCUT2D eigenvalue weighted by Gasteiger charge is 2.08. The van der Waals surface area contributed by atoms with Gasteiger partial charge >= 0.3 is 0 Å². The van der Waals surface area contributed by atoms with Gasteiger partial charge in [-0.25, -0.2) is 0 Å². The molecule has 1 aromatic rings. The van der Waals surface area contributed by atoms with Crippen molar-refractivity contribution >= 4 is 18.0 Å². The Hall–Kier alpha value is -0.960. The first-order valence-corrected chi connectivity index (χ1v) is 5.25. The minimum atomic E-state index is 0.0365. The maximum Gasteiger partial charge on any atom is 0.166 e. The third kappa shape index (κ3) is 3.83. The number of carbonyl (C=O) groups excluding carboxylic acids is 1. The van der Waals surface area contributed by atoms with Gasteiger partial charge in [-0.15, -0.1) is 0 Å². The number of aromatic amines is 1. The van der Waals surface area contributed by atoms with E-state index in [1.54, 1.807) is 18.3 Å². The number of H-pyrrole nitrogens is 1. The second-order valence-corrected chi connectivity index (χ2v) is 3.40. The number of carbonyl (C=O) groups is 1. The van der Waals surface area contributed by atoms with Crippen LogP contribution in [0.5, 0.6) is 0 Å². The number of nitrogens with one attached hydrogen (secondary N) is 1. The third-order valence-corrected chi connectivity index (χ3v) is 1.85. The number of hydrogen-bond acceptors (Lipinski definition) is 2. The van der Waals surface area contributed by atoms with Crippen molar-refractivity contribution in [2.45, 2.75) is 27.7 Å². The van der Waals surface area contributed by atoms with Crippen LogP contribution in [-0.2, 0) is 0 Å². The van der Waals surface area contributed by atoms with E-state index >= 15 is 0 Å². The van der Waals surface area contributed by atoms with Gasteiger partial charge in [0.15, 0.2) is 5.78 Å². The molecule has 14 heavy (non-hydrogen) atoms. The van der Waals surface area contributed by atoms with E-state index in [9.17, 15) is 4.79 Å². The van der Waals surface area contributed by atoms with E-state index in [4.69, 9.17) is 12.2 Å². The Morgan fingerprint density at radius 2 is 1.93 bits per heavy atom. The van der Waals surface area contributed by atoms with Crippen molar-refractivity contribution < 1.29 is 4.79 Å². The Kier molecular flexibility index (Phi) is 6.04. The van der Waals surface area contributed by atoms with Gasteiger partial charge < -0.3 is 4.98 Å². The molecule has 2 nitrogen and oxygen atoms in total. The van der Waals surface area contributed by atoms with Crippen molar-refractivity contribution in [3.05, 3.63) is 28.5 Å². The van der Waals surface area contributed by atoms with Gasteiger partial charge in [-0.1, -0.05) is 39.9 Å². The Morgan fingerprint density at radius 1 is 1.36 bits per heavy atom. The molecule has 1 aromatic heterocycles. The molecule has 0 bridgehead atoms. The summed E-state index contributed by atoms with van der Waals surface area (Å²) in [6.45, 7) is 7.76. The molecule has 1 rings (SSSR count). The Balaban J connectivity index is 0.000000791. The smallest absolute Gasteiger partial charge is 0.166 e. The molecule has 0 aliphatic heterocycles. The van der Waals surface area contributed by atoms with E-state index in [0.29, 0.717) is 10.2 Å². The average Bonchev–Trinajstić information content (AvgIpc) is 2.21. The van der Waals surface area contributed by atoms with Crippen molar-refractivity contribution in [2.24, 2.45) is 5.92 Å². The zero-order valence-electron chi connectivity index (χ0n) is 9.13. The minimum Gasteiger partial charge on any atom is -0.352 e. The van der Waals surface area contributed by atoms with Crippen molar-refractivity contribution in [3.8, 4) is 0 Å². The fourth-order valence-electron chi connectivity index (χ4n) is 0.897. The highest BCUT2D eigenvalue weighted by molar-refractivity contribution is 7.71. The quantitative estimate of drug-likeness (QED) is 0.598. The van der Waals surface area contributed by atoms with Crippen LogP contribution in [0.2, 0.25) is 0 Å². The van der Waals surface area contributed by atoms with Gasteiger partial charge in [0.05, 0.1) is 0 Å². The Labute approximate surface area is 90.4 Å². The van der Waals surface area contributed by atoms with Crippen molar-refractivity contribution in [3.63, 3.8) is 0 Å². The lowest BCUT2D eigenvalue weighted by molar-refractivity contribution is 0.0939. The zero-order valence-corrected chi connectivity index (χ0v) is 9.94. The molecule has 0 aromatic carbocycles. The van der Waals surface area contributed by atoms with Gasteiger partial charge in [-0.2, -0.15) is 0 Å². The normalized spacial score (nSPS) is 9.21. The molecule has 0 atom stereocenters. The highest BCUT2D eigenvalue weighted by Crippen LogP contribution is 2.06. The average molecular weight is 211 g/mol. The number of aromatic nitrogens is 1. The van der Waals surface area contributed by atoms with Crippen molar-refractivity contribution in [1.29, 1.82) is 0 Å². The van der Waals surface area contributed by atoms with Crippen LogP contribution in [0.25, 0.3) is 0 Å². The summed E-state index contributed by atoms with van der Waals surface area (Å²) in [5, 5.41) is 0. The molecule has 78 valence electrons. The topological polar surface area (TPSA) is 32.9 Å². The molecule has 1 heterocycles. The maximum atomic E-state index is 11.4. The zero-order chi connectivity index (χ0) is 11.1.